The van der Waals surface area contributed by atoms with Gasteiger partial charge in [0.1, 0.15) is 0 Å². The summed E-state index contributed by atoms with van der Waals surface area (Å²) in [6.45, 7) is 2.28. The summed E-state index contributed by atoms with van der Waals surface area (Å²) in [6, 6.07) is 0. The maximum atomic E-state index is 13.7. The highest BCUT2D eigenvalue weighted by Gasteiger charge is 2.90. The summed E-state index contributed by atoms with van der Waals surface area (Å²) < 4.78 is 173. The van der Waals surface area contributed by atoms with Crippen LogP contribution in [0.15, 0.2) is 11.6 Å². The van der Waals surface area contributed by atoms with Crippen LogP contribution in [-0.2, 0) is 14.3 Å². The van der Waals surface area contributed by atoms with Crippen LogP contribution in [0.1, 0.15) is 26.7 Å². The molecule has 0 amide bonds. The zero-order valence-electron chi connectivity index (χ0n) is 15.6. The molecule has 0 heterocycles. The van der Waals surface area contributed by atoms with E-state index in [1.54, 1.807) is 0 Å². The Morgan fingerprint density at radius 2 is 1.19 bits per heavy atom. The number of carboxylic acids is 1. The predicted octanol–water partition coefficient (Wildman–Crippen LogP) is 4.13. The van der Waals surface area contributed by atoms with E-state index < -0.39 is 72.2 Å². The monoisotopic (exact) mass is 503 g/mol. The smallest absolute Gasteiger partial charge is 0.460 e. The second kappa shape index (κ2) is 8.96. The number of carboxylic acid groups (broad SMARTS) is 1. The molecule has 0 aromatic carbocycles. The van der Waals surface area contributed by atoms with Crippen molar-refractivity contribution in [2.75, 3.05) is 0 Å². The SMILES string of the molecule is CC(C)OC(=O)/C(=C/C(=O)[O-])CCC(F)(F)C(F)(F)C(F)(F)C(F)(F)C(F)(F)C(F)(F)F. The quantitative estimate of drug-likeness (QED) is 0.256. The van der Waals surface area contributed by atoms with Crippen LogP contribution in [0.5, 0.6) is 0 Å². The number of hydrogen-bond acceptors (Lipinski definition) is 4. The fraction of sp³-hybridized carbons (Fsp3) is 0.733. The van der Waals surface area contributed by atoms with Crippen molar-refractivity contribution in [3.63, 3.8) is 0 Å². The van der Waals surface area contributed by atoms with Gasteiger partial charge < -0.3 is 14.6 Å². The molecular weight excluding hydrogens is 491 g/mol. The van der Waals surface area contributed by atoms with Crippen LogP contribution in [-0.4, -0.2) is 53.8 Å². The molecule has 32 heavy (non-hydrogen) atoms. The van der Waals surface area contributed by atoms with Gasteiger partial charge in [0.2, 0.25) is 0 Å². The number of ether oxygens (including phenoxy) is 1. The molecule has 0 aromatic heterocycles. The van der Waals surface area contributed by atoms with Crippen molar-refractivity contribution in [3.8, 4) is 0 Å². The number of carbonyl (C=O) groups is 2. The molecule has 0 radical (unpaired) electrons. The highest BCUT2D eigenvalue weighted by atomic mass is 19.4. The first-order valence-electron chi connectivity index (χ1n) is 7.95. The molecule has 0 unspecified atom stereocenters. The Kier molecular flexibility index (Phi) is 8.33. The van der Waals surface area contributed by atoms with E-state index >= 15 is 0 Å². The zero-order valence-corrected chi connectivity index (χ0v) is 15.6. The van der Waals surface area contributed by atoms with Gasteiger partial charge in [0.05, 0.1) is 12.1 Å². The summed E-state index contributed by atoms with van der Waals surface area (Å²) in [5.74, 6) is -41.9. The minimum atomic E-state index is -8.05. The van der Waals surface area contributed by atoms with Gasteiger partial charge in [-0.15, -0.1) is 0 Å². The lowest BCUT2D eigenvalue weighted by Crippen LogP contribution is -2.70. The highest BCUT2D eigenvalue weighted by Crippen LogP contribution is 2.60. The van der Waals surface area contributed by atoms with Gasteiger partial charge in [-0.05, 0) is 26.3 Å². The second-order valence-electron chi connectivity index (χ2n) is 6.44. The van der Waals surface area contributed by atoms with Crippen molar-refractivity contribution in [3.05, 3.63) is 11.6 Å². The van der Waals surface area contributed by atoms with Gasteiger partial charge in [-0.25, -0.2) is 4.79 Å². The number of carbonyl (C=O) groups excluding carboxylic acids is 2. The summed E-state index contributed by atoms with van der Waals surface area (Å²) in [5.41, 5.74) is -1.41. The van der Waals surface area contributed by atoms with Crippen LogP contribution < -0.4 is 5.11 Å². The third-order valence-electron chi connectivity index (χ3n) is 3.60. The summed E-state index contributed by atoms with van der Waals surface area (Å²) in [7, 11) is 0. The Morgan fingerprint density at radius 1 is 0.781 bits per heavy atom. The van der Waals surface area contributed by atoms with Crippen molar-refractivity contribution in [2.24, 2.45) is 0 Å². The summed E-state index contributed by atoms with van der Waals surface area (Å²) in [5, 5.41) is 10.5. The van der Waals surface area contributed by atoms with E-state index in [1.165, 1.54) is 0 Å². The molecule has 0 atom stereocenters. The molecule has 0 aromatic rings. The number of hydrogen-bond donors (Lipinski definition) is 0. The Bertz CT molecular complexity index is 738. The van der Waals surface area contributed by atoms with Gasteiger partial charge in [-0.2, -0.15) is 57.1 Å². The van der Waals surface area contributed by atoms with E-state index in [0.717, 1.165) is 13.8 Å². The number of esters is 1. The molecule has 0 bridgehead atoms. The van der Waals surface area contributed by atoms with E-state index in [4.69, 9.17) is 0 Å². The predicted molar refractivity (Wildman–Crippen MR) is 74.3 cm³/mol. The molecular formula is C15H12F13O4-. The molecule has 0 aliphatic carbocycles. The van der Waals surface area contributed by atoms with Crippen molar-refractivity contribution in [2.45, 2.75) is 68.6 Å². The maximum Gasteiger partial charge on any atom is 0.460 e. The van der Waals surface area contributed by atoms with Gasteiger partial charge in [-0.3, -0.25) is 0 Å². The molecule has 0 fully saturated rings. The van der Waals surface area contributed by atoms with Crippen LogP contribution in [0.3, 0.4) is 0 Å². The highest BCUT2D eigenvalue weighted by molar-refractivity contribution is 5.95. The first kappa shape index (κ1) is 29.8. The number of rotatable bonds is 10. The van der Waals surface area contributed by atoms with E-state index in [9.17, 15) is 71.8 Å². The van der Waals surface area contributed by atoms with Crippen LogP contribution in [0.4, 0.5) is 57.1 Å². The molecule has 0 aliphatic heterocycles. The van der Waals surface area contributed by atoms with Crippen molar-refractivity contribution in [1.82, 2.24) is 0 Å². The maximum absolute atomic E-state index is 13.7. The largest absolute Gasteiger partial charge is 0.545 e. The molecule has 0 saturated carbocycles. The third-order valence-corrected chi connectivity index (χ3v) is 3.60. The second-order valence-corrected chi connectivity index (χ2v) is 6.44. The number of aliphatic carboxylic acids is 1. The first-order chi connectivity index (χ1) is 13.9. The number of halogens is 13. The van der Waals surface area contributed by atoms with E-state index in [-0.39, 0.29) is 6.08 Å². The lowest BCUT2D eigenvalue weighted by Gasteiger charge is -2.39. The van der Waals surface area contributed by atoms with E-state index in [2.05, 4.69) is 4.74 Å². The summed E-state index contributed by atoms with van der Waals surface area (Å²) >= 11 is 0. The standard InChI is InChI=1S/C15H13F13O4/c1-6(2)32-9(31)7(5-8(29)30)3-4-10(16,17)11(18,19)12(20,21)13(22,23)14(24,25)15(26,27)28/h5-6H,3-4H2,1-2H3,(H,29,30)/p-1/b7-5+. The van der Waals surface area contributed by atoms with Gasteiger partial charge >= 0.3 is 41.8 Å². The molecule has 0 N–H and O–H groups in total. The van der Waals surface area contributed by atoms with Crippen LogP contribution in [0, 0.1) is 0 Å². The fourth-order valence-electron chi connectivity index (χ4n) is 1.92. The minimum Gasteiger partial charge on any atom is -0.545 e. The molecule has 0 spiro atoms. The Balaban J connectivity index is 6.13. The van der Waals surface area contributed by atoms with E-state index in [1.807, 2.05) is 0 Å². The van der Waals surface area contributed by atoms with Crippen molar-refractivity contribution in [1.29, 1.82) is 0 Å². The fourth-order valence-corrected chi connectivity index (χ4v) is 1.92. The van der Waals surface area contributed by atoms with Gasteiger partial charge in [0.25, 0.3) is 0 Å². The minimum absolute atomic E-state index is 0.288. The normalized spacial score (nSPS) is 15.2. The summed E-state index contributed by atoms with van der Waals surface area (Å²) in [6.07, 6.45) is -13.5. The van der Waals surface area contributed by atoms with Gasteiger partial charge in [0, 0.05) is 12.0 Å². The first-order valence-corrected chi connectivity index (χ1v) is 7.95. The van der Waals surface area contributed by atoms with Crippen LogP contribution in [0.2, 0.25) is 0 Å². The van der Waals surface area contributed by atoms with Crippen molar-refractivity contribution < 1.29 is 76.5 Å². The Morgan fingerprint density at radius 3 is 1.53 bits per heavy atom. The zero-order chi connectivity index (χ0) is 26.1. The lowest BCUT2D eigenvalue weighted by molar-refractivity contribution is -0.440. The number of alkyl halides is 13. The van der Waals surface area contributed by atoms with Crippen LogP contribution in [0.25, 0.3) is 0 Å². The third kappa shape index (κ3) is 5.39. The Labute approximate surface area is 170 Å². The average molecular weight is 503 g/mol. The molecule has 0 saturated heterocycles. The van der Waals surface area contributed by atoms with Gasteiger partial charge in [0.15, 0.2) is 0 Å². The lowest BCUT2D eigenvalue weighted by atomic mass is 9.91. The topological polar surface area (TPSA) is 66.4 Å². The molecule has 17 heteroatoms. The van der Waals surface area contributed by atoms with E-state index in [0.29, 0.717) is 0 Å². The van der Waals surface area contributed by atoms with Crippen molar-refractivity contribution >= 4 is 11.9 Å². The average Bonchev–Trinajstić information content (AvgIpc) is 2.55. The Hall–Kier alpha value is -2.23. The molecule has 0 aliphatic rings. The van der Waals surface area contributed by atoms with Crippen LogP contribution >= 0.6 is 0 Å². The molecule has 4 nitrogen and oxygen atoms in total. The summed E-state index contributed by atoms with van der Waals surface area (Å²) in [4.78, 5) is 22.0. The molecule has 0 rings (SSSR count). The molecule has 188 valence electrons. The van der Waals surface area contributed by atoms with Gasteiger partial charge in [-0.1, -0.05) is 0 Å².